The summed E-state index contributed by atoms with van der Waals surface area (Å²) in [4.78, 5) is 29.9. The van der Waals surface area contributed by atoms with Gasteiger partial charge in [-0.2, -0.15) is 0 Å². The van der Waals surface area contributed by atoms with Crippen LogP contribution in [0.25, 0.3) is 0 Å². The first-order valence-electron chi connectivity index (χ1n) is 15.2. The van der Waals surface area contributed by atoms with Crippen LogP contribution in [0.3, 0.4) is 0 Å². The second-order valence-electron chi connectivity index (χ2n) is 12.7. The quantitative estimate of drug-likeness (QED) is 0.202. The molecule has 0 aliphatic heterocycles. The van der Waals surface area contributed by atoms with Gasteiger partial charge in [-0.1, -0.05) is 66.2 Å². The maximum atomic E-state index is 14.5. The first-order valence-corrected chi connectivity index (χ1v) is 16.6. The van der Waals surface area contributed by atoms with Gasteiger partial charge in [-0.05, 0) is 100 Å². The lowest BCUT2D eigenvalue weighted by Crippen LogP contribution is -2.56. The Morgan fingerprint density at radius 3 is 2.02 bits per heavy atom. The number of benzene rings is 4. The van der Waals surface area contributed by atoms with Crippen molar-refractivity contribution in [3.8, 4) is 0 Å². The van der Waals surface area contributed by atoms with Crippen LogP contribution in [0.4, 0.5) is 10.1 Å². The smallest absolute Gasteiger partial charge is 0.264 e. The van der Waals surface area contributed by atoms with E-state index in [1.807, 2.05) is 77.9 Å². The van der Waals surface area contributed by atoms with Crippen molar-refractivity contribution in [2.75, 3.05) is 10.8 Å². The molecule has 0 heterocycles. The number of hydrogen-bond acceptors (Lipinski definition) is 4. The molecule has 0 aliphatic rings. The molecule has 7 nitrogen and oxygen atoms in total. The molecule has 0 saturated carbocycles. The minimum Gasteiger partial charge on any atom is -0.350 e. The second-order valence-corrected chi connectivity index (χ2v) is 14.5. The van der Waals surface area contributed by atoms with E-state index < -0.39 is 39.9 Å². The minimum atomic E-state index is -4.21. The summed E-state index contributed by atoms with van der Waals surface area (Å²) in [6, 6.07) is 25.7. The summed E-state index contributed by atoms with van der Waals surface area (Å²) in [5.74, 6) is -1.40. The number of amides is 2. The Balaban J connectivity index is 1.83. The van der Waals surface area contributed by atoms with Crippen molar-refractivity contribution < 1.29 is 22.4 Å². The van der Waals surface area contributed by atoms with Gasteiger partial charge in [0.1, 0.15) is 18.4 Å². The van der Waals surface area contributed by atoms with E-state index in [0.717, 1.165) is 26.6 Å². The predicted octanol–water partition coefficient (Wildman–Crippen LogP) is 6.50. The van der Waals surface area contributed by atoms with Gasteiger partial charge in [-0.25, -0.2) is 12.8 Å². The SMILES string of the molecule is Cc1ccc(S(=O)(=O)N(CC(=O)N(Cc2ccc(F)cc2)[C@H](Cc2ccccc2)C(=O)NC(C)(C)C)c2ccc(C)c(C)c2)cc1. The standard InChI is InChI=1S/C37H42FN3O4S/c1-26-12-20-33(21-13-26)46(44,45)41(32-19-14-27(2)28(3)22-32)25-35(42)40(24-30-15-17-31(38)18-16-30)34(36(43)39-37(4,5)6)23-29-10-8-7-9-11-29/h7-22,34H,23-25H2,1-6H3,(H,39,43)/t34-/m1/s1. The van der Waals surface area contributed by atoms with Gasteiger partial charge < -0.3 is 10.2 Å². The fourth-order valence-electron chi connectivity index (χ4n) is 5.04. The molecule has 0 saturated heterocycles. The monoisotopic (exact) mass is 643 g/mol. The highest BCUT2D eigenvalue weighted by atomic mass is 32.2. The molecule has 1 N–H and O–H groups in total. The van der Waals surface area contributed by atoms with Crippen molar-refractivity contribution in [1.82, 2.24) is 10.2 Å². The van der Waals surface area contributed by atoms with Crippen LogP contribution in [-0.4, -0.2) is 43.3 Å². The van der Waals surface area contributed by atoms with E-state index in [1.54, 1.807) is 36.4 Å². The average molecular weight is 644 g/mol. The number of hydrogen-bond donors (Lipinski definition) is 1. The van der Waals surface area contributed by atoms with Crippen molar-refractivity contribution in [3.05, 3.63) is 131 Å². The van der Waals surface area contributed by atoms with Gasteiger partial charge in [-0.15, -0.1) is 0 Å². The third-order valence-electron chi connectivity index (χ3n) is 7.70. The van der Waals surface area contributed by atoms with Crippen molar-refractivity contribution in [2.45, 2.75) is 71.0 Å². The van der Waals surface area contributed by atoms with E-state index in [-0.39, 0.29) is 23.8 Å². The first-order chi connectivity index (χ1) is 21.6. The molecule has 242 valence electrons. The molecule has 0 radical (unpaired) electrons. The van der Waals surface area contributed by atoms with E-state index >= 15 is 0 Å². The Kier molecular flexibility index (Phi) is 10.7. The fourth-order valence-corrected chi connectivity index (χ4v) is 6.45. The number of sulfonamides is 1. The number of nitrogens with one attached hydrogen (secondary N) is 1. The summed E-state index contributed by atoms with van der Waals surface area (Å²) in [6.45, 7) is 10.6. The molecule has 2 amide bonds. The maximum Gasteiger partial charge on any atom is 0.264 e. The van der Waals surface area contributed by atoms with Gasteiger partial charge in [0.25, 0.3) is 10.0 Å². The van der Waals surface area contributed by atoms with Gasteiger partial charge in [0.2, 0.25) is 11.8 Å². The van der Waals surface area contributed by atoms with Gasteiger partial charge >= 0.3 is 0 Å². The van der Waals surface area contributed by atoms with Crippen LogP contribution in [0.5, 0.6) is 0 Å². The predicted molar refractivity (Wildman–Crippen MR) is 180 cm³/mol. The summed E-state index contributed by atoms with van der Waals surface area (Å²) in [5, 5.41) is 3.01. The second kappa shape index (κ2) is 14.3. The number of nitrogens with zero attached hydrogens (tertiary/aromatic N) is 2. The summed E-state index contributed by atoms with van der Waals surface area (Å²) in [6.07, 6.45) is 0.185. The van der Waals surface area contributed by atoms with Crippen LogP contribution in [0.2, 0.25) is 0 Å². The number of halogens is 1. The number of anilines is 1. The molecule has 0 unspecified atom stereocenters. The lowest BCUT2D eigenvalue weighted by atomic mass is 10.0. The molecule has 0 aromatic heterocycles. The molecular formula is C37H42FN3O4S. The highest BCUT2D eigenvalue weighted by Gasteiger charge is 2.35. The summed E-state index contributed by atoms with van der Waals surface area (Å²) < 4.78 is 43.4. The highest BCUT2D eigenvalue weighted by Crippen LogP contribution is 2.27. The normalized spacial score (nSPS) is 12.3. The molecule has 4 rings (SSSR count). The van der Waals surface area contributed by atoms with E-state index in [1.165, 1.54) is 29.2 Å². The molecule has 4 aromatic carbocycles. The van der Waals surface area contributed by atoms with Crippen molar-refractivity contribution in [1.29, 1.82) is 0 Å². The fraction of sp³-hybridized carbons (Fsp3) is 0.297. The lowest BCUT2D eigenvalue weighted by molar-refractivity contribution is -0.140. The highest BCUT2D eigenvalue weighted by molar-refractivity contribution is 7.92. The molecule has 0 aliphatic carbocycles. The molecule has 1 atom stereocenters. The average Bonchev–Trinajstić information content (AvgIpc) is 2.99. The van der Waals surface area contributed by atoms with Crippen molar-refractivity contribution in [3.63, 3.8) is 0 Å². The molecule has 0 spiro atoms. The van der Waals surface area contributed by atoms with Gasteiger partial charge in [-0.3, -0.25) is 13.9 Å². The molecule has 46 heavy (non-hydrogen) atoms. The Hall–Kier alpha value is -4.50. The zero-order valence-corrected chi connectivity index (χ0v) is 28.1. The van der Waals surface area contributed by atoms with E-state index in [0.29, 0.717) is 11.3 Å². The van der Waals surface area contributed by atoms with Crippen LogP contribution >= 0.6 is 0 Å². The Labute approximate surface area is 272 Å². The third-order valence-corrected chi connectivity index (χ3v) is 9.49. The van der Waals surface area contributed by atoms with Gasteiger partial charge in [0, 0.05) is 18.5 Å². The van der Waals surface area contributed by atoms with E-state index in [4.69, 9.17) is 0 Å². The third kappa shape index (κ3) is 8.81. The molecule has 0 bridgehead atoms. The van der Waals surface area contributed by atoms with Gasteiger partial charge in [0.15, 0.2) is 0 Å². The molecule has 4 aromatic rings. The minimum absolute atomic E-state index is 0.0421. The van der Waals surface area contributed by atoms with Crippen LogP contribution in [-0.2, 0) is 32.6 Å². The molecule has 9 heteroatoms. The number of carbonyl (C=O) groups excluding carboxylic acids is 2. The number of carbonyl (C=O) groups is 2. The number of rotatable bonds is 11. The van der Waals surface area contributed by atoms with Crippen LogP contribution in [0.1, 0.15) is 48.6 Å². The topological polar surface area (TPSA) is 86.8 Å². The summed E-state index contributed by atoms with van der Waals surface area (Å²) >= 11 is 0. The van der Waals surface area contributed by atoms with Crippen molar-refractivity contribution in [2.24, 2.45) is 0 Å². The zero-order chi connectivity index (χ0) is 33.6. The Morgan fingerprint density at radius 1 is 0.804 bits per heavy atom. The summed E-state index contributed by atoms with van der Waals surface area (Å²) in [5.41, 5.74) is 3.88. The van der Waals surface area contributed by atoms with Crippen LogP contribution in [0.15, 0.2) is 102 Å². The lowest BCUT2D eigenvalue weighted by Gasteiger charge is -2.35. The largest absolute Gasteiger partial charge is 0.350 e. The van der Waals surface area contributed by atoms with Gasteiger partial charge in [0.05, 0.1) is 10.6 Å². The maximum absolute atomic E-state index is 14.5. The number of aryl methyl sites for hydroxylation is 3. The molecular weight excluding hydrogens is 601 g/mol. The zero-order valence-electron chi connectivity index (χ0n) is 27.2. The molecule has 0 fully saturated rings. The Bertz CT molecular complexity index is 1770. The van der Waals surface area contributed by atoms with Crippen LogP contribution < -0.4 is 9.62 Å². The van der Waals surface area contributed by atoms with E-state index in [9.17, 15) is 22.4 Å². The van der Waals surface area contributed by atoms with Crippen molar-refractivity contribution >= 4 is 27.5 Å². The van der Waals surface area contributed by atoms with E-state index in [2.05, 4.69) is 5.32 Å². The Morgan fingerprint density at radius 2 is 1.43 bits per heavy atom. The van der Waals surface area contributed by atoms with Crippen LogP contribution in [0, 0.1) is 26.6 Å². The summed E-state index contributed by atoms with van der Waals surface area (Å²) in [7, 11) is -4.21. The first kappa shape index (κ1) is 34.4.